The minimum atomic E-state index is 0.689. The predicted octanol–water partition coefficient (Wildman–Crippen LogP) is 2.91. The fraction of sp³-hybridized carbons (Fsp3) is 0. The normalized spacial score (nSPS) is 10.6. The maximum Gasteiger partial charge on any atom is 0.0488 e. The molecule has 0 spiro atoms. The van der Waals surface area contributed by atoms with E-state index in [1.54, 1.807) is 12.1 Å². The van der Waals surface area contributed by atoms with Gasteiger partial charge in [0.2, 0.25) is 0 Å². The lowest BCUT2D eigenvalue weighted by atomic mass is 10.2. The summed E-state index contributed by atoms with van der Waals surface area (Å²) in [7, 11) is 0. The van der Waals surface area contributed by atoms with E-state index in [0.717, 1.165) is 5.56 Å². The van der Waals surface area contributed by atoms with Crippen LogP contribution in [-0.4, -0.2) is 6.21 Å². The van der Waals surface area contributed by atoms with E-state index in [9.17, 15) is 0 Å². The molecule has 1 rings (SSSR count). The van der Waals surface area contributed by atoms with Crippen LogP contribution in [0.2, 0.25) is 5.02 Å². The van der Waals surface area contributed by atoms with E-state index in [0.29, 0.717) is 5.02 Å². The van der Waals surface area contributed by atoms with Crippen LogP contribution in [0.3, 0.4) is 0 Å². The lowest BCUT2D eigenvalue weighted by molar-refractivity contribution is 1.66. The number of benzene rings is 1. The van der Waals surface area contributed by atoms with Gasteiger partial charge in [-0.05, 0) is 17.7 Å². The first-order valence-corrected chi connectivity index (χ1v) is 3.44. The quantitative estimate of drug-likeness (QED) is 0.580. The molecule has 0 atom stereocenters. The molecule has 10 heavy (non-hydrogen) atoms. The average molecular weight is 174 g/mol. The van der Waals surface area contributed by atoms with Crippen molar-refractivity contribution in [3.63, 3.8) is 0 Å². The van der Waals surface area contributed by atoms with Crippen LogP contribution in [0.15, 0.2) is 28.8 Å². The van der Waals surface area contributed by atoms with Gasteiger partial charge in [0.1, 0.15) is 0 Å². The van der Waals surface area contributed by atoms with Gasteiger partial charge in [0.05, 0.1) is 0 Å². The molecule has 0 aliphatic carbocycles. The smallest absolute Gasteiger partial charge is 0.0488 e. The summed E-state index contributed by atoms with van der Waals surface area (Å²) in [5, 5.41) is 0.689. The van der Waals surface area contributed by atoms with E-state index in [1.165, 1.54) is 6.21 Å². The second kappa shape index (κ2) is 3.59. The fourth-order valence-electron chi connectivity index (χ4n) is 0.643. The molecule has 3 heteroatoms. The molecule has 0 heterocycles. The second-order valence-electron chi connectivity index (χ2n) is 1.78. The fourth-order valence-corrected chi connectivity index (χ4v) is 0.955. The third kappa shape index (κ3) is 2.01. The Morgan fingerprint density at radius 1 is 1.40 bits per heavy atom. The molecule has 0 radical (unpaired) electrons. The van der Waals surface area contributed by atoms with E-state index >= 15 is 0 Å². The van der Waals surface area contributed by atoms with Crippen LogP contribution < -0.4 is 0 Å². The number of hydrogen-bond donors (Lipinski definition) is 0. The summed E-state index contributed by atoms with van der Waals surface area (Å²) >= 11 is 10.8. The topological polar surface area (TPSA) is 12.4 Å². The first-order chi connectivity index (χ1) is 4.83. The van der Waals surface area contributed by atoms with Gasteiger partial charge >= 0.3 is 0 Å². The minimum Gasteiger partial charge on any atom is -0.185 e. The highest BCUT2D eigenvalue weighted by Crippen LogP contribution is 2.08. The van der Waals surface area contributed by atoms with Crippen LogP contribution in [0.5, 0.6) is 0 Å². The molecule has 1 aromatic rings. The Kier molecular flexibility index (Phi) is 2.72. The maximum atomic E-state index is 5.68. The molecule has 0 fully saturated rings. The van der Waals surface area contributed by atoms with Gasteiger partial charge in [0, 0.05) is 23.0 Å². The van der Waals surface area contributed by atoms with Crippen molar-refractivity contribution < 1.29 is 0 Å². The highest BCUT2D eigenvalue weighted by atomic mass is 35.5. The SMILES string of the molecule is ClN=Cc1cccc(Cl)c1. The largest absolute Gasteiger partial charge is 0.185 e. The van der Waals surface area contributed by atoms with Crippen LogP contribution in [0.4, 0.5) is 0 Å². The Morgan fingerprint density at radius 3 is 2.80 bits per heavy atom. The van der Waals surface area contributed by atoms with Gasteiger partial charge in [-0.25, -0.2) is 0 Å². The summed E-state index contributed by atoms with van der Waals surface area (Å²) in [4.78, 5) is 0. The summed E-state index contributed by atoms with van der Waals surface area (Å²) in [5.74, 6) is 0. The van der Waals surface area contributed by atoms with Crippen LogP contribution in [0.1, 0.15) is 5.56 Å². The maximum absolute atomic E-state index is 5.68. The third-order valence-corrected chi connectivity index (χ3v) is 1.38. The Hall–Kier alpha value is -0.530. The lowest BCUT2D eigenvalue weighted by Gasteiger charge is -1.90. The molecular formula is C7H5Cl2N. The molecule has 0 unspecified atom stereocenters. The summed E-state index contributed by atoms with van der Waals surface area (Å²) in [6.45, 7) is 0. The lowest BCUT2D eigenvalue weighted by Crippen LogP contribution is -1.76. The van der Waals surface area contributed by atoms with Crippen molar-refractivity contribution in [3.8, 4) is 0 Å². The van der Waals surface area contributed by atoms with Gasteiger partial charge in [-0.1, -0.05) is 23.7 Å². The van der Waals surface area contributed by atoms with Crippen molar-refractivity contribution in [2.75, 3.05) is 0 Å². The zero-order valence-corrected chi connectivity index (χ0v) is 6.60. The van der Waals surface area contributed by atoms with Gasteiger partial charge < -0.3 is 0 Å². The van der Waals surface area contributed by atoms with Crippen molar-refractivity contribution in [1.29, 1.82) is 0 Å². The molecular weight excluding hydrogens is 169 g/mol. The summed E-state index contributed by atoms with van der Waals surface area (Å²) < 4.78 is 3.34. The first-order valence-electron chi connectivity index (χ1n) is 2.73. The Bertz CT molecular complexity index is 245. The molecule has 0 amide bonds. The molecule has 1 nitrogen and oxygen atoms in total. The molecule has 0 N–H and O–H groups in total. The van der Waals surface area contributed by atoms with Crippen LogP contribution in [-0.2, 0) is 0 Å². The van der Waals surface area contributed by atoms with E-state index in [1.807, 2.05) is 12.1 Å². The van der Waals surface area contributed by atoms with Crippen molar-refractivity contribution in [1.82, 2.24) is 0 Å². The van der Waals surface area contributed by atoms with E-state index in [-0.39, 0.29) is 0 Å². The monoisotopic (exact) mass is 173 g/mol. The molecule has 0 bridgehead atoms. The molecule has 0 aliphatic heterocycles. The first kappa shape index (κ1) is 7.58. The van der Waals surface area contributed by atoms with E-state index < -0.39 is 0 Å². The van der Waals surface area contributed by atoms with Gasteiger partial charge in [-0.3, -0.25) is 0 Å². The number of halogens is 2. The molecule has 0 saturated carbocycles. The van der Waals surface area contributed by atoms with Gasteiger partial charge in [-0.2, -0.15) is 4.51 Å². The van der Waals surface area contributed by atoms with Crippen molar-refractivity contribution in [3.05, 3.63) is 34.9 Å². The molecule has 52 valence electrons. The van der Waals surface area contributed by atoms with Crippen molar-refractivity contribution in [2.24, 2.45) is 4.51 Å². The van der Waals surface area contributed by atoms with Crippen LogP contribution in [0.25, 0.3) is 0 Å². The van der Waals surface area contributed by atoms with E-state index in [4.69, 9.17) is 23.4 Å². The zero-order valence-electron chi connectivity index (χ0n) is 5.09. The standard InChI is InChI=1S/C7H5Cl2N/c8-7-3-1-2-6(4-7)5-10-9/h1-5H. The van der Waals surface area contributed by atoms with Gasteiger partial charge in [0.15, 0.2) is 0 Å². The highest BCUT2D eigenvalue weighted by Gasteiger charge is 1.87. The predicted molar refractivity (Wildman–Crippen MR) is 44.9 cm³/mol. The summed E-state index contributed by atoms with van der Waals surface area (Å²) in [6.07, 6.45) is 1.54. The number of rotatable bonds is 1. The Morgan fingerprint density at radius 2 is 2.20 bits per heavy atom. The minimum absolute atomic E-state index is 0.689. The second-order valence-corrected chi connectivity index (χ2v) is 2.41. The average Bonchev–Trinajstić information content (AvgIpc) is 1.88. The number of nitrogens with zero attached hydrogens (tertiary/aromatic N) is 1. The molecule has 0 aromatic heterocycles. The van der Waals surface area contributed by atoms with Crippen molar-refractivity contribution in [2.45, 2.75) is 0 Å². The molecule has 0 saturated heterocycles. The van der Waals surface area contributed by atoms with E-state index in [2.05, 4.69) is 4.51 Å². The molecule has 0 aliphatic rings. The number of hydrogen-bond acceptors (Lipinski definition) is 1. The Balaban J connectivity index is 2.95. The highest BCUT2D eigenvalue weighted by molar-refractivity contribution is 6.30. The van der Waals surface area contributed by atoms with Crippen LogP contribution in [0, 0.1) is 0 Å². The molecule has 1 aromatic carbocycles. The Labute approximate surface area is 69.4 Å². The van der Waals surface area contributed by atoms with Crippen LogP contribution >= 0.6 is 23.4 Å². The van der Waals surface area contributed by atoms with Gasteiger partial charge in [0.25, 0.3) is 0 Å². The third-order valence-electron chi connectivity index (χ3n) is 1.05. The summed E-state index contributed by atoms with van der Waals surface area (Å²) in [6, 6.07) is 7.30. The zero-order chi connectivity index (χ0) is 7.40. The summed E-state index contributed by atoms with van der Waals surface area (Å²) in [5.41, 5.74) is 0.905. The van der Waals surface area contributed by atoms with Crippen molar-refractivity contribution >= 4 is 29.6 Å². The van der Waals surface area contributed by atoms with Gasteiger partial charge in [-0.15, -0.1) is 0 Å².